The fourth-order valence-corrected chi connectivity index (χ4v) is 2.99. The Hall–Kier alpha value is -1.07. The van der Waals surface area contributed by atoms with Gasteiger partial charge >= 0.3 is 6.03 Å². The Morgan fingerprint density at radius 3 is 2.76 bits per heavy atom. The molecule has 5 heteroatoms. The minimum Gasteiger partial charge on any atom is -0.348 e. The number of ether oxygens (including phenoxy) is 2. The first-order chi connectivity index (χ1) is 10.1. The highest BCUT2D eigenvalue weighted by atomic mass is 16.7. The summed E-state index contributed by atoms with van der Waals surface area (Å²) in [5, 5.41) is 5.90. The minimum atomic E-state index is -0.480. The van der Waals surface area contributed by atoms with E-state index < -0.39 is 5.79 Å². The average Bonchev–Trinajstić information content (AvgIpc) is 2.90. The van der Waals surface area contributed by atoms with Crippen molar-refractivity contribution >= 4 is 6.03 Å². The molecule has 0 unspecified atom stereocenters. The van der Waals surface area contributed by atoms with Crippen LogP contribution in [0.5, 0.6) is 0 Å². The number of urea groups is 1. The quantitative estimate of drug-likeness (QED) is 0.740. The molecule has 2 rings (SSSR count). The van der Waals surface area contributed by atoms with Gasteiger partial charge in [0.25, 0.3) is 0 Å². The lowest BCUT2D eigenvalue weighted by Gasteiger charge is -2.26. The van der Waals surface area contributed by atoms with E-state index >= 15 is 0 Å². The van der Waals surface area contributed by atoms with Gasteiger partial charge in [-0.3, -0.25) is 0 Å². The Morgan fingerprint density at radius 1 is 1.33 bits per heavy atom. The zero-order valence-electron chi connectivity index (χ0n) is 13.2. The smallest absolute Gasteiger partial charge is 0.314 e. The fourth-order valence-electron chi connectivity index (χ4n) is 2.99. The maximum Gasteiger partial charge on any atom is 0.314 e. The normalized spacial score (nSPS) is 25.5. The van der Waals surface area contributed by atoms with Crippen LogP contribution in [0.25, 0.3) is 0 Å². The third-order valence-electron chi connectivity index (χ3n) is 4.16. The molecule has 0 aromatic carbocycles. The molecule has 1 fully saturated rings. The van der Waals surface area contributed by atoms with E-state index in [1.54, 1.807) is 0 Å². The summed E-state index contributed by atoms with van der Waals surface area (Å²) < 4.78 is 11.2. The molecule has 0 spiro atoms. The molecule has 1 heterocycles. The summed E-state index contributed by atoms with van der Waals surface area (Å²) in [7, 11) is 0. The summed E-state index contributed by atoms with van der Waals surface area (Å²) in [4.78, 5) is 11.8. The van der Waals surface area contributed by atoms with Gasteiger partial charge < -0.3 is 20.1 Å². The van der Waals surface area contributed by atoms with Crippen molar-refractivity contribution in [3.63, 3.8) is 0 Å². The summed E-state index contributed by atoms with van der Waals surface area (Å²) in [6.45, 7) is 6.78. The molecule has 1 aliphatic carbocycles. The standard InChI is InChI=1S/C16H28N2O3/c1-13(10-16(2)20-8-9-21-16)11-17-15(19)18-12-14-6-4-3-5-7-14/h3-4,13-14H,5-12H2,1-2H3,(H2,17,18,19)/t13-,14+/m1/s1. The van der Waals surface area contributed by atoms with Crippen LogP contribution >= 0.6 is 0 Å². The molecule has 0 bridgehead atoms. The average molecular weight is 296 g/mol. The second-order valence-corrected chi connectivity index (χ2v) is 6.38. The summed E-state index contributed by atoms with van der Waals surface area (Å²) in [6, 6.07) is -0.0742. The molecular formula is C16H28N2O3. The van der Waals surface area contributed by atoms with Crippen molar-refractivity contribution in [2.24, 2.45) is 11.8 Å². The number of carbonyl (C=O) groups is 1. The van der Waals surface area contributed by atoms with E-state index in [1.807, 2.05) is 6.92 Å². The second kappa shape index (κ2) is 7.80. The first-order valence-electron chi connectivity index (χ1n) is 8.02. The van der Waals surface area contributed by atoms with Gasteiger partial charge in [0.05, 0.1) is 13.2 Å². The van der Waals surface area contributed by atoms with Gasteiger partial charge in [-0.05, 0) is 38.0 Å². The van der Waals surface area contributed by atoms with Gasteiger partial charge in [-0.2, -0.15) is 0 Å². The first-order valence-corrected chi connectivity index (χ1v) is 8.02. The number of nitrogens with one attached hydrogen (secondary N) is 2. The van der Waals surface area contributed by atoms with Gasteiger partial charge in [0.1, 0.15) is 0 Å². The highest BCUT2D eigenvalue weighted by molar-refractivity contribution is 5.73. The Labute approximate surface area is 127 Å². The van der Waals surface area contributed by atoms with Crippen molar-refractivity contribution in [1.29, 1.82) is 0 Å². The second-order valence-electron chi connectivity index (χ2n) is 6.38. The number of allylic oxidation sites excluding steroid dienone is 2. The zero-order chi connectivity index (χ0) is 15.1. The summed E-state index contributed by atoms with van der Waals surface area (Å²) in [5.74, 6) is 0.417. The first kappa shape index (κ1) is 16.3. The third kappa shape index (κ3) is 5.67. The van der Waals surface area contributed by atoms with Crippen LogP contribution < -0.4 is 10.6 Å². The van der Waals surface area contributed by atoms with Crippen LogP contribution in [-0.4, -0.2) is 38.1 Å². The molecule has 0 saturated carbocycles. The third-order valence-corrected chi connectivity index (χ3v) is 4.16. The van der Waals surface area contributed by atoms with E-state index in [0.717, 1.165) is 25.8 Å². The summed E-state index contributed by atoms with van der Waals surface area (Å²) >= 11 is 0. The maximum absolute atomic E-state index is 11.8. The predicted octanol–water partition coefficient (Wildman–Crippen LogP) is 2.43. The van der Waals surface area contributed by atoms with Gasteiger partial charge in [-0.25, -0.2) is 4.79 Å². The molecule has 0 aromatic rings. The lowest BCUT2D eigenvalue weighted by atomic mass is 9.94. The van der Waals surface area contributed by atoms with Crippen LogP contribution in [0.3, 0.4) is 0 Å². The molecule has 2 aliphatic rings. The molecular weight excluding hydrogens is 268 g/mol. The van der Waals surface area contributed by atoms with Crippen LogP contribution in [0.1, 0.15) is 39.5 Å². The molecule has 120 valence electrons. The number of rotatable bonds is 6. The molecule has 2 amide bonds. The fraction of sp³-hybridized carbons (Fsp3) is 0.812. The van der Waals surface area contributed by atoms with Crippen LogP contribution in [0.15, 0.2) is 12.2 Å². The number of hydrogen-bond acceptors (Lipinski definition) is 3. The van der Waals surface area contributed by atoms with Crippen molar-refractivity contribution in [3.8, 4) is 0 Å². The Balaban J connectivity index is 1.58. The lowest BCUT2D eigenvalue weighted by Crippen LogP contribution is -2.41. The van der Waals surface area contributed by atoms with E-state index in [4.69, 9.17) is 9.47 Å². The minimum absolute atomic E-state index is 0.0742. The van der Waals surface area contributed by atoms with Crippen LogP contribution in [0.2, 0.25) is 0 Å². The Bertz CT molecular complexity index is 365. The van der Waals surface area contributed by atoms with E-state index in [2.05, 4.69) is 29.7 Å². The number of amides is 2. The van der Waals surface area contributed by atoms with Crippen molar-refractivity contribution in [2.75, 3.05) is 26.3 Å². The summed E-state index contributed by atoms with van der Waals surface area (Å²) in [5.41, 5.74) is 0. The number of carbonyl (C=O) groups excluding carboxylic acids is 1. The SMILES string of the molecule is C[C@@H](CNC(=O)NC[C@H]1CC=CCC1)CC1(C)OCCO1. The molecule has 1 aliphatic heterocycles. The maximum atomic E-state index is 11.8. The summed E-state index contributed by atoms with van der Waals surface area (Å²) in [6.07, 6.45) is 8.58. The lowest BCUT2D eigenvalue weighted by molar-refractivity contribution is -0.153. The molecule has 5 nitrogen and oxygen atoms in total. The predicted molar refractivity (Wildman–Crippen MR) is 82.0 cm³/mol. The van der Waals surface area contributed by atoms with Crippen molar-refractivity contribution in [3.05, 3.63) is 12.2 Å². The molecule has 0 radical (unpaired) electrons. The van der Waals surface area contributed by atoms with Gasteiger partial charge in [-0.15, -0.1) is 0 Å². The molecule has 0 aromatic heterocycles. The molecule has 2 atom stereocenters. The molecule has 21 heavy (non-hydrogen) atoms. The molecule has 2 N–H and O–H groups in total. The van der Waals surface area contributed by atoms with Crippen LogP contribution in [0.4, 0.5) is 4.79 Å². The Morgan fingerprint density at radius 2 is 2.10 bits per heavy atom. The van der Waals surface area contributed by atoms with E-state index in [-0.39, 0.29) is 6.03 Å². The largest absolute Gasteiger partial charge is 0.348 e. The highest BCUT2D eigenvalue weighted by Gasteiger charge is 2.32. The monoisotopic (exact) mass is 296 g/mol. The van der Waals surface area contributed by atoms with Gasteiger partial charge in [0.15, 0.2) is 5.79 Å². The Kier molecular flexibility index (Phi) is 6.06. The van der Waals surface area contributed by atoms with Crippen molar-refractivity contribution < 1.29 is 14.3 Å². The zero-order valence-corrected chi connectivity index (χ0v) is 13.2. The van der Waals surface area contributed by atoms with E-state index in [9.17, 15) is 4.79 Å². The topological polar surface area (TPSA) is 59.6 Å². The van der Waals surface area contributed by atoms with Gasteiger partial charge in [0.2, 0.25) is 0 Å². The number of hydrogen-bond donors (Lipinski definition) is 2. The molecule has 1 saturated heterocycles. The van der Waals surface area contributed by atoms with Gasteiger partial charge in [0, 0.05) is 19.5 Å². The van der Waals surface area contributed by atoms with Crippen molar-refractivity contribution in [2.45, 2.75) is 45.3 Å². The van der Waals surface area contributed by atoms with Crippen LogP contribution in [-0.2, 0) is 9.47 Å². The van der Waals surface area contributed by atoms with Gasteiger partial charge in [-0.1, -0.05) is 19.1 Å². The van der Waals surface area contributed by atoms with E-state index in [1.165, 1.54) is 6.42 Å². The van der Waals surface area contributed by atoms with Crippen molar-refractivity contribution in [1.82, 2.24) is 10.6 Å². The van der Waals surface area contributed by atoms with Crippen LogP contribution in [0, 0.1) is 11.8 Å². The van der Waals surface area contributed by atoms with E-state index in [0.29, 0.717) is 31.6 Å². The highest BCUT2D eigenvalue weighted by Crippen LogP contribution is 2.26.